The van der Waals surface area contributed by atoms with Crippen LogP contribution in [0.25, 0.3) is 0 Å². The first-order valence-corrected chi connectivity index (χ1v) is 9.58. The van der Waals surface area contributed by atoms with Gasteiger partial charge >= 0.3 is 0 Å². The van der Waals surface area contributed by atoms with E-state index < -0.39 is 6.04 Å². The molecule has 4 N–H and O–H groups in total. The Kier molecular flexibility index (Phi) is 5.21. The fourth-order valence-corrected chi connectivity index (χ4v) is 4.43. The number of fused-ring (bicyclic) bond motifs is 1. The van der Waals surface area contributed by atoms with E-state index in [9.17, 15) is 15.0 Å². The van der Waals surface area contributed by atoms with Crippen LogP contribution in [0.4, 0.5) is 0 Å². The van der Waals surface area contributed by atoms with E-state index in [1.54, 1.807) is 17.0 Å². The van der Waals surface area contributed by atoms with Crippen molar-refractivity contribution in [1.82, 2.24) is 15.8 Å². The van der Waals surface area contributed by atoms with Gasteiger partial charge in [0, 0.05) is 18.0 Å². The summed E-state index contributed by atoms with van der Waals surface area (Å²) in [5.41, 5.74) is 8.00. The third kappa shape index (κ3) is 3.11. The molecule has 0 bridgehead atoms. The summed E-state index contributed by atoms with van der Waals surface area (Å²) in [7, 11) is 0. The van der Waals surface area contributed by atoms with Crippen molar-refractivity contribution in [1.29, 1.82) is 0 Å². The number of aliphatic hydroxyl groups excluding tert-OH is 1. The largest absolute Gasteiger partial charge is 0.508 e. The molecule has 7 heteroatoms. The minimum absolute atomic E-state index is 0.0590. The van der Waals surface area contributed by atoms with Crippen molar-refractivity contribution in [2.75, 3.05) is 19.8 Å². The molecule has 28 heavy (non-hydrogen) atoms. The number of carbonyl (C=O) groups excluding carboxylic acids is 1. The Morgan fingerprint density at radius 2 is 1.89 bits per heavy atom. The van der Waals surface area contributed by atoms with Gasteiger partial charge in [-0.1, -0.05) is 30.3 Å². The summed E-state index contributed by atoms with van der Waals surface area (Å²) in [5.74, 6) is 0.732. The number of hydrogen-bond acceptors (Lipinski definition) is 6. The minimum atomic E-state index is -0.433. The fraction of sp³-hybridized carbons (Fsp3) is 0.381. The molecular formula is C21H25N3O4. The van der Waals surface area contributed by atoms with Gasteiger partial charge in [-0.2, -0.15) is 0 Å². The van der Waals surface area contributed by atoms with E-state index in [4.69, 9.17) is 4.74 Å². The number of β-amino-alcohol motifs (C(OH)–C–C–N with tert-alkyl or cyclic N) is 1. The molecule has 2 saturated heterocycles. The van der Waals surface area contributed by atoms with E-state index in [0.29, 0.717) is 6.61 Å². The second-order valence-electron chi connectivity index (χ2n) is 7.09. The number of likely N-dealkylation sites (tertiary alicyclic amines) is 1. The molecule has 2 fully saturated rings. The Balaban J connectivity index is 1.77. The van der Waals surface area contributed by atoms with Crippen LogP contribution in [0.3, 0.4) is 0 Å². The Morgan fingerprint density at radius 1 is 1.11 bits per heavy atom. The van der Waals surface area contributed by atoms with Crippen molar-refractivity contribution in [2.24, 2.45) is 5.92 Å². The number of aromatic hydroxyl groups is 1. The van der Waals surface area contributed by atoms with Crippen molar-refractivity contribution in [2.45, 2.75) is 25.0 Å². The predicted octanol–water partition coefficient (Wildman–Crippen LogP) is 1.50. The number of para-hydroxylation sites is 1. The lowest BCUT2D eigenvalue weighted by molar-refractivity contribution is -0.131. The SMILES string of the molecule is CCOc1cccc(C2C3C(NNC3c3ccccc3O)C(=O)N2CCO)c1. The highest BCUT2D eigenvalue weighted by Crippen LogP contribution is 2.48. The van der Waals surface area contributed by atoms with E-state index in [0.717, 1.165) is 16.9 Å². The van der Waals surface area contributed by atoms with Gasteiger partial charge in [-0.05, 0) is 30.7 Å². The zero-order chi connectivity index (χ0) is 19.7. The van der Waals surface area contributed by atoms with Gasteiger partial charge in [0.25, 0.3) is 0 Å². The molecule has 2 heterocycles. The lowest BCUT2D eigenvalue weighted by atomic mass is 9.83. The Labute approximate surface area is 163 Å². The first-order valence-electron chi connectivity index (χ1n) is 9.58. The van der Waals surface area contributed by atoms with Crippen LogP contribution in [0.1, 0.15) is 30.1 Å². The van der Waals surface area contributed by atoms with Crippen LogP contribution in [0.2, 0.25) is 0 Å². The zero-order valence-electron chi connectivity index (χ0n) is 15.7. The van der Waals surface area contributed by atoms with Crippen LogP contribution < -0.4 is 15.6 Å². The summed E-state index contributed by atoms with van der Waals surface area (Å²) >= 11 is 0. The molecule has 4 rings (SSSR count). The molecule has 148 valence electrons. The summed E-state index contributed by atoms with van der Waals surface area (Å²) in [6.07, 6.45) is 0. The molecule has 2 aromatic carbocycles. The monoisotopic (exact) mass is 383 g/mol. The van der Waals surface area contributed by atoms with Crippen LogP contribution in [0, 0.1) is 5.92 Å². The standard InChI is InChI=1S/C21H25N3O4/c1-2-28-14-7-5-6-13(12-14)20-17-18(15-8-3-4-9-16(15)26)22-23-19(17)21(27)24(20)10-11-25/h3-9,12,17-20,22-23,25-26H,2,10-11H2,1H3. The number of ether oxygens (including phenoxy) is 1. The van der Waals surface area contributed by atoms with Crippen LogP contribution >= 0.6 is 0 Å². The minimum Gasteiger partial charge on any atom is -0.508 e. The van der Waals surface area contributed by atoms with Gasteiger partial charge < -0.3 is 19.8 Å². The molecule has 2 aliphatic heterocycles. The van der Waals surface area contributed by atoms with Crippen LogP contribution in [-0.2, 0) is 4.79 Å². The van der Waals surface area contributed by atoms with Crippen LogP contribution in [-0.4, -0.2) is 46.8 Å². The third-order valence-corrected chi connectivity index (χ3v) is 5.54. The van der Waals surface area contributed by atoms with Gasteiger partial charge in [-0.3, -0.25) is 4.79 Å². The number of phenolic OH excluding ortho intramolecular Hbond substituents is 1. The van der Waals surface area contributed by atoms with Gasteiger partial charge in [0.2, 0.25) is 5.91 Å². The quantitative estimate of drug-likeness (QED) is 0.604. The average molecular weight is 383 g/mol. The number of amides is 1. The lowest BCUT2D eigenvalue weighted by Crippen LogP contribution is -2.42. The van der Waals surface area contributed by atoms with Gasteiger partial charge in [0.15, 0.2) is 0 Å². The zero-order valence-corrected chi connectivity index (χ0v) is 15.7. The molecule has 0 spiro atoms. The average Bonchev–Trinajstić information content (AvgIpc) is 3.23. The Bertz CT molecular complexity index is 859. The van der Waals surface area contributed by atoms with Crippen molar-refractivity contribution in [3.8, 4) is 11.5 Å². The van der Waals surface area contributed by atoms with E-state index in [-0.39, 0.29) is 42.8 Å². The highest BCUT2D eigenvalue weighted by Gasteiger charge is 2.55. The van der Waals surface area contributed by atoms with Crippen LogP contribution in [0.15, 0.2) is 48.5 Å². The molecular weight excluding hydrogens is 358 g/mol. The third-order valence-electron chi connectivity index (χ3n) is 5.54. The summed E-state index contributed by atoms with van der Waals surface area (Å²) in [4.78, 5) is 14.8. The number of aliphatic hydroxyl groups is 1. The number of rotatable bonds is 6. The van der Waals surface area contributed by atoms with Gasteiger partial charge in [0.1, 0.15) is 17.5 Å². The summed E-state index contributed by atoms with van der Waals surface area (Å²) < 4.78 is 5.65. The number of nitrogens with zero attached hydrogens (tertiary/aromatic N) is 1. The highest BCUT2D eigenvalue weighted by atomic mass is 16.5. The summed E-state index contributed by atoms with van der Waals surface area (Å²) in [6, 6.07) is 14.0. The number of benzene rings is 2. The number of nitrogens with one attached hydrogen (secondary N) is 2. The first kappa shape index (κ1) is 18.7. The highest BCUT2D eigenvalue weighted by molar-refractivity contribution is 5.86. The van der Waals surface area contributed by atoms with Gasteiger partial charge in [0.05, 0.1) is 25.3 Å². The molecule has 4 atom stereocenters. The molecule has 0 radical (unpaired) electrons. The van der Waals surface area contributed by atoms with Crippen molar-refractivity contribution in [3.05, 3.63) is 59.7 Å². The van der Waals surface area contributed by atoms with E-state index in [2.05, 4.69) is 10.9 Å². The van der Waals surface area contributed by atoms with Crippen molar-refractivity contribution in [3.63, 3.8) is 0 Å². The lowest BCUT2D eigenvalue weighted by Gasteiger charge is -2.31. The van der Waals surface area contributed by atoms with Crippen molar-refractivity contribution < 1.29 is 19.7 Å². The molecule has 4 unspecified atom stereocenters. The molecule has 2 aliphatic rings. The van der Waals surface area contributed by atoms with Gasteiger partial charge in [-0.25, -0.2) is 10.9 Å². The molecule has 1 amide bonds. The van der Waals surface area contributed by atoms with Crippen molar-refractivity contribution >= 4 is 5.91 Å². The molecule has 0 saturated carbocycles. The molecule has 0 aromatic heterocycles. The van der Waals surface area contributed by atoms with Crippen LogP contribution in [0.5, 0.6) is 11.5 Å². The second kappa shape index (κ2) is 7.79. The predicted molar refractivity (Wildman–Crippen MR) is 104 cm³/mol. The summed E-state index contributed by atoms with van der Waals surface area (Å²) in [6.45, 7) is 2.63. The Morgan fingerprint density at radius 3 is 2.64 bits per heavy atom. The second-order valence-corrected chi connectivity index (χ2v) is 7.09. The molecule has 7 nitrogen and oxygen atoms in total. The summed E-state index contributed by atoms with van der Waals surface area (Å²) in [5, 5.41) is 19.9. The fourth-order valence-electron chi connectivity index (χ4n) is 4.43. The molecule has 2 aromatic rings. The normalized spacial score (nSPS) is 26.5. The number of phenols is 1. The number of hydrogen-bond donors (Lipinski definition) is 4. The topological polar surface area (TPSA) is 94.1 Å². The molecule has 0 aliphatic carbocycles. The maximum Gasteiger partial charge on any atom is 0.242 e. The first-order chi connectivity index (χ1) is 13.7. The van der Waals surface area contributed by atoms with E-state index in [1.165, 1.54) is 0 Å². The van der Waals surface area contributed by atoms with E-state index >= 15 is 0 Å². The van der Waals surface area contributed by atoms with Gasteiger partial charge in [-0.15, -0.1) is 0 Å². The maximum atomic E-state index is 13.1. The number of carbonyl (C=O) groups is 1. The smallest absolute Gasteiger partial charge is 0.242 e. The maximum absolute atomic E-state index is 13.1. The number of hydrazine groups is 1. The Hall–Kier alpha value is -2.61. The van der Waals surface area contributed by atoms with E-state index in [1.807, 2.05) is 43.3 Å².